The largest absolute Gasteiger partial charge is 0.381 e. The van der Waals surface area contributed by atoms with Gasteiger partial charge in [0.1, 0.15) is 6.10 Å². The summed E-state index contributed by atoms with van der Waals surface area (Å²) >= 11 is 0. The van der Waals surface area contributed by atoms with Gasteiger partial charge in [0.15, 0.2) is 0 Å². The number of pyridine rings is 1. The number of fused-ring (bicyclic) bond motifs is 1. The van der Waals surface area contributed by atoms with Gasteiger partial charge in [-0.3, -0.25) is 14.7 Å². The first-order valence-electron chi connectivity index (χ1n) is 9.86. The van der Waals surface area contributed by atoms with Gasteiger partial charge in [-0.05, 0) is 44.2 Å². The highest BCUT2D eigenvalue weighted by molar-refractivity contribution is 5.80. The first kappa shape index (κ1) is 17.9. The van der Waals surface area contributed by atoms with Gasteiger partial charge in [0, 0.05) is 45.1 Å². The minimum atomic E-state index is -0.306. The summed E-state index contributed by atoms with van der Waals surface area (Å²) < 4.78 is 11.8. The van der Waals surface area contributed by atoms with Crippen molar-refractivity contribution in [3.05, 3.63) is 30.1 Å². The fourth-order valence-electron chi connectivity index (χ4n) is 4.67. The fourth-order valence-corrected chi connectivity index (χ4v) is 4.67. The van der Waals surface area contributed by atoms with Gasteiger partial charge in [0.2, 0.25) is 0 Å². The van der Waals surface area contributed by atoms with Gasteiger partial charge in [-0.1, -0.05) is 6.07 Å². The molecule has 142 valence electrons. The Morgan fingerprint density at radius 1 is 1.23 bits per heavy atom. The van der Waals surface area contributed by atoms with E-state index in [-0.39, 0.29) is 18.1 Å². The molecule has 0 spiro atoms. The van der Waals surface area contributed by atoms with E-state index in [9.17, 15) is 4.79 Å². The van der Waals surface area contributed by atoms with Crippen LogP contribution in [0.5, 0.6) is 0 Å². The molecule has 26 heavy (non-hydrogen) atoms. The molecule has 6 heteroatoms. The third-order valence-corrected chi connectivity index (χ3v) is 6.03. The summed E-state index contributed by atoms with van der Waals surface area (Å²) in [6.45, 7) is 3.37. The number of aromatic nitrogens is 1. The van der Waals surface area contributed by atoms with Crippen LogP contribution in [-0.4, -0.2) is 71.8 Å². The second-order valence-corrected chi connectivity index (χ2v) is 7.69. The van der Waals surface area contributed by atoms with Gasteiger partial charge >= 0.3 is 0 Å². The zero-order valence-electron chi connectivity index (χ0n) is 15.5. The second kappa shape index (κ2) is 8.03. The molecule has 6 nitrogen and oxygen atoms in total. The summed E-state index contributed by atoms with van der Waals surface area (Å²) in [7, 11) is 1.84. The maximum atomic E-state index is 12.8. The number of hydrogen-bond acceptors (Lipinski definition) is 5. The molecule has 0 aliphatic carbocycles. The van der Waals surface area contributed by atoms with Crippen molar-refractivity contribution in [3.8, 4) is 0 Å². The van der Waals surface area contributed by atoms with E-state index in [1.165, 1.54) is 0 Å². The standard InChI is InChI=1S/C20H29N3O3/c1-22(14-15-4-2-3-10-21-15)20(24)19-6-5-17-18(26-19)7-11-23(17)16-8-12-25-13-9-16/h2-4,10,16-19H,5-9,11-14H2,1H3/t17-,18-,19+/m1/s1. The van der Waals surface area contributed by atoms with Crippen LogP contribution in [0, 0.1) is 0 Å². The van der Waals surface area contributed by atoms with E-state index in [1.807, 2.05) is 25.2 Å². The first-order chi connectivity index (χ1) is 12.7. The zero-order chi connectivity index (χ0) is 17.9. The molecule has 0 radical (unpaired) electrons. The number of likely N-dealkylation sites (tertiary alicyclic amines) is 1. The van der Waals surface area contributed by atoms with Crippen molar-refractivity contribution in [2.24, 2.45) is 0 Å². The van der Waals surface area contributed by atoms with Gasteiger partial charge in [0.25, 0.3) is 5.91 Å². The third kappa shape index (κ3) is 3.77. The maximum Gasteiger partial charge on any atom is 0.251 e. The quantitative estimate of drug-likeness (QED) is 0.821. The first-order valence-corrected chi connectivity index (χ1v) is 9.86. The average molecular weight is 359 g/mol. The van der Waals surface area contributed by atoms with Crippen LogP contribution in [0.15, 0.2) is 24.4 Å². The molecular formula is C20H29N3O3. The van der Waals surface area contributed by atoms with Gasteiger partial charge < -0.3 is 14.4 Å². The fraction of sp³-hybridized carbons (Fsp3) is 0.700. The van der Waals surface area contributed by atoms with E-state index >= 15 is 0 Å². The minimum absolute atomic E-state index is 0.0821. The molecule has 1 amide bonds. The summed E-state index contributed by atoms with van der Waals surface area (Å²) in [5.74, 6) is 0.0821. The van der Waals surface area contributed by atoms with Crippen molar-refractivity contribution >= 4 is 5.91 Å². The van der Waals surface area contributed by atoms with Crippen LogP contribution < -0.4 is 0 Å². The number of carbonyl (C=O) groups is 1. The molecule has 0 aromatic carbocycles. The van der Waals surface area contributed by atoms with Crippen LogP contribution in [0.1, 0.15) is 37.8 Å². The van der Waals surface area contributed by atoms with Crippen LogP contribution in [0.3, 0.4) is 0 Å². The summed E-state index contributed by atoms with van der Waals surface area (Å²) in [4.78, 5) is 21.5. The summed E-state index contributed by atoms with van der Waals surface area (Å²) in [5.41, 5.74) is 0.906. The molecule has 3 saturated heterocycles. The van der Waals surface area contributed by atoms with Crippen LogP contribution in [0.2, 0.25) is 0 Å². The number of amides is 1. The number of nitrogens with zero attached hydrogens (tertiary/aromatic N) is 3. The highest BCUT2D eigenvalue weighted by Crippen LogP contribution is 2.35. The molecule has 3 atom stereocenters. The Hall–Kier alpha value is -1.50. The van der Waals surface area contributed by atoms with E-state index in [0.29, 0.717) is 18.6 Å². The van der Waals surface area contributed by atoms with Crippen LogP contribution in [-0.2, 0) is 20.8 Å². The van der Waals surface area contributed by atoms with E-state index < -0.39 is 0 Å². The van der Waals surface area contributed by atoms with Gasteiger partial charge in [-0.15, -0.1) is 0 Å². The molecule has 3 fully saturated rings. The number of rotatable bonds is 4. The van der Waals surface area contributed by atoms with Crippen LogP contribution in [0.4, 0.5) is 0 Å². The van der Waals surface area contributed by atoms with Crippen molar-refractivity contribution in [1.29, 1.82) is 0 Å². The predicted octanol–water partition coefficient (Wildman–Crippen LogP) is 1.84. The van der Waals surface area contributed by atoms with E-state index in [0.717, 1.165) is 57.6 Å². The van der Waals surface area contributed by atoms with E-state index in [4.69, 9.17) is 9.47 Å². The van der Waals surface area contributed by atoms with Crippen molar-refractivity contribution in [2.75, 3.05) is 26.8 Å². The smallest absolute Gasteiger partial charge is 0.251 e. The molecule has 3 aliphatic heterocycles. The molecule has 1 aromatic heterocycles. The Balaban J connectivity index is 1.33. The van der Waals surface area contributed by atoms with E-state index in [1.54, 1.807) is 11.1 Å². The highest BCUT2D eigenvalue weighted by Gasteiger charge is 2.44. The summed E-state index contributed by atoms with van der Waals surface area (Å²) in [6.07, 6.45) is 6.80. The number of likely N-dealkylation sites (N-methyl/N-ethyl adjacent to an activating group) is 1. The van der Waals surface area contributed by atoms with Crippen molar-refractivity contribution in [1.82, 2.24) is 14.8 Å². The molecule has 0 unspecified atom stereocenters. The maximum absolute atomic E-state index is 12.8. The lowest BCUT2D eigenvalue weighted by atomic mass is 9.96. The van der Waals surface area contributed by atoms with Crippen LogP contribution >= 0.6 is 0 Å². The molecule has 4 heterocycles. The Morgan fingerprint density at radius 3 is 2.85 bits per heavy atom. The third-order valence-electron chi connectivity index (χ3n) is 6.03. The molecule has 0 N–H and O–H groups in total. The Bertz CT molecular complexity index is 606. The molecule has 1 aromatic rings. The monoisotopic (exact) mass is 359 g/mol. The highest BCUT2D eigenvalue weighted by atomic mass is 16.5. The van der Waals surface area contributed by atoms with Crippen LogP contribution in [0.25, 0.3) is 0 Å². The lowest BCUT2D eigenvalue weighted by molar-refractivity contribution is -0.154. The molecule has 3 aliphatic rings. The molecule has 0 bridgehead atoms. The van der Waals surface area contributed by atoms with Gasteiger partial charge in [-0.25, -0.2) is 0 Å². The Kier molecular flexibility index (Phi) is 5.52. The van der Waals surface area contributed by atoms with E-state index in [2.05, 4.69) is 9.88 Å². The van der Waals surface area contributed by atoms with Crippen molar-refractivity contribution in [3.63, 3.8) is 0 Å². The molecular weight excluding hydrogens is 330 g/mol. The van der Waals surface area contributed by atoms with Gasteiger partial charge in [-0.2, -0.15) is 0 Å². The summed E-state index contributed by atoms with van der Waals surface area (Å²) in [5, 5.41) is 0. The molecule has 4 rings (SSSR count). The topological polar surface area (TPSA) is 54.9 Å². The summed E-state index contributed by atoms with van der Waals surface area (Å²) in [6, 6.07) is 6.89. The number of carbonyl (C=O) groups excluding carboxylic acids is 1. The SMILES string of the molecule is CN(Cc1ccccn1)C(=O)[C@@H]1CC[C@@H]2[C@@H](CCN2C2CCOCC2)O1. The van der Waals surface area contributed by atoms with Crippen molar-refractivity contribution < 1.29 is 14.3 Å². The number of hydrogen-bond donors (Lipinski definition) is 0. The second-order valence-electron chi connectivity index (χ2n) is 7.69. The number of ether oxygens (including phenoxy) is 2. The minimum Gasteiger partial charge on any atom is -0.381 e. The normalized spacial score (nSPS) is 30.1. The lowest BCUT2D eigenvalue weighted by Gasteiger charge is -2.40. The lowest BCUT2D eigenvalue weighted by Crippen LogP contribution is -2.51. The Labute approximate surface area is 155 Å². The average Bonchev–Trinajstić information content (AvgIpc) is 3.12. The Morgan fingerprint density at radius 2 is 2.08 bits per heavy atom. The zero-order valence-corrected chi connectivity index (χ0v) is 15.5. The van der Waals surface area contributed by atoms with Crippen molar-refractivity contribution in [2.45, 2.75) is 62.9 Å². The molecule has 0 saturated carbocycles. The van der Waals surface area contributed by atoms with Gasteiger partial charge in [0.05, 0.1) is 18.3 Å². The predicted molar refractivity (Wildman–Crippen MR) is 97.6 cm³/mol.